The number of carbonyl (C=O) groups is 1. The Balaban J connectivity index is 1.83. The average Bonchev–Trinajstić information content (AvgIpc) is 2.70. The molecule has 0 aliphatic rings. The molecular weight excluding hydrogens is 431 g/mol. The maximum atomic E-state index is 13.9. The van der Waals surface area contributed by atoms with E-state index in [1.165, 1.54) is 37.4 Å². The molecule has 0 radical (unpaired) electrons. The van der Waals surface area contributed by atoms with Gasteiger partial charge >= 0.3 is 0 Å². The number of sulfonamides is 1. The summed E-state index contributed by atoms with van der Waals surface area (Å²) >= 11 is 6.01. The van der Waals surface area contributed by atoms with Gasteiger partial charge in [0.05, 0.1) is 24.9 Å². The van der Waals surface area contributed by atoms with Crippen molar-refractivity contribution in [1.82, 2.24) is 0 Å². The van der Waals surface area contributed by atoms with Crippen molar-refractivity contribution in [1.29, 1.82) is 0 Å². The van der Waals surface area contributed by atoms with E-state index >= 15 is 0 Å². The van der Waals surface area contributed by atoms with E-state index in [-0.39, 0.29) is 17.8 Å². The standard InChI is InChI=1S/C21H18ClFN2O4S/c1-29-16-6-4-5-14(11-16)12-21(26)24-19-13-15(22)9-10-18(19)25-30(27,28)20-8-3-2-7-17(20)23/h2-11,13,25H,12H2,1H3,(H,24,26). The molecule has 0 heterocycles. The maximum absolute atomic E-state index is 13.9. The second-order valence-corrected chi connectivity index (χ2v) is 8.39. The molecule has 0 spiro atoms. The van der Waals surface area contributed by atoms with Gasteiger partial charge in [-0.3, -0.25) is 9.52 Å². The van der Waals surface area contributed by atoms with Crippen molar-refractivity contribution in [3.63, 3.8) is 0 Å². The predicted octanol–water partition coefficient (Wildman–Crippen LogP) is 4.47. The summed E-state index contributed by atoms with van der Waals surface area (Å²) in [5, 5.41) is 2.93. The van der Waals surface area contributed by atoms with Crippen molar-refractivity contribution < 1.29 is 22.3 Å². The van der Waals surface area contributed by atoms with Gasteiger partial charge < -0.3 is 10.1 Å². The van der Waals surface area contributed by atoms with Crippen LogP contribution in [-0.4, -0.2) is 21.4 Å². The molecule has 30 heavy (non-hydrogen) atoms. The Morgan fingerprint density at radius 2 is 1.80 bits per heavy atom. The van der Waals surface area contributed by atoms with Crippen molar-refractivity contribution in [2.45, 2.75) is 11.3 Å². The van der Waals surface area contributed by atoms with Gasteiger partial charge in [-0.1, -0.05) is 35.9 Å². The molecule has 3 rings (SSSR count). The van der Waals surface area contributed by atoms with Crippen LogP contribution in [0.2, 0.25) is 5.02 Å². The lowest BCUT2D eigenvalue weighted by Gasteiger charge is -2.14. The lowest BCUT2D eigenvalue weighted by atomic mass is 10.1. The van der Waals surface area contributed by atoms with E-state index in [1.54, 1.807) is 24.3 Å². The molecule has 6 nitrogen and oxygen atoms in total. The predicted molar refractivity (Wildman–Crippen MR) is 114 cm³/mol. The molecule has 0 saturated carbocycles. The SMILES string of the molecule is COc1cccc(CC(=O)Nc2cc(Cl)ccc2NS(=O)(=O)c2ccccc2F)c1. The van der Waals surface area contributed by atoms with E-state index < -0.39 is 26.6 Å². The van der Waals surface area contributed by atoms with Crippen LogP contribution >= 0.6 is 11.6 Å². The van der Waals surface area contributed by atoms with Crippen LogP contribution in [0.1, 0.15) is 5.56 Å². The zero-order valence-electron chi connectivity index (χ0n) is 15.9. The third-order valence-corrected chi connectivity index (χ3v) is 5.76. The number of ether oxygens (including phenoxy) is 1. The summed E-state index contributed by atoms with van der Waals surface area (Å²) in [6.45, 7) is 0. The third-order valence-electron chi connectivity index (χ3n) is 4.13. The monoisotopic (exact) mass is 448 g/mol. The summed E-state index contributed by atoms with van der Waals surface area (Å²) in [6, 6.07) is 16.3. The number of carbonyl (C=O) groups excluding carboxylic acids is 1. The summed E-state index contributed by atoms with van der Waals surface area (Å²) in [6.07, 6.45) is 0.0310. The number of halogens is 2. The molecule has 0 aromatic heterocycles. The summed E-state index contributed by atoms with van der Waals surface area (Å²) in [7, 11) is -2.69. The van der Waals surface area contributed by atoms with Gasteiger partial charge in [-0.15, -0.1) is 0 Å². The van der Waals surface area contributed by atoms with Gasteiger partial charge in [0.15, 0.2) is 0 Å². The van der Waals surface area contributed by atoms with E-state index in [0.29, 0.717) is 16.3 Å². The van der Waals surface area contributed by atoms with E-state index in [0.717, 1.165) is 12.1 Å². The first-order chi connectivity index (χ1) is 14.3. The topological polar surface area (TPSA) is 84.5 Å². The van der Waals surface area contributed by atoms with Crippen molar-refractivity contribution in [2.24, 2.45) is 0 Å². The molecule has 0 bridgehead atoms. The normalized spacial score (nSPS) is 11.0. The van der Waals surface area contributed by atoms with Gasteiger partial charge in [-0.2, -0.15) is 0 Å². The highest BCUT2D eigenvalue weighted by Crippen LogP contribution is 2.29. The van der Waals surface area contributed by atoms with Crippen molar-refractivity contribution in [3.05, 3.63) is 83.1 Å². The Kier molecular flexibility index (Phi) is 6.59. The number of nitrogens with one attached hydrogen (secondary N) is 2. The number of benzene rings is 3. The third kappa shape index (κ3) is 5.28. The minimum Gasteiger partial charge on any atom is -0.497 e. The number of anilines is 2. The molecule has 3 aromatic rings. The Bertz CT molecular complexity index is 1190. The fourth-order valence-corrected chi connectivity index (χ4v) is 4.07. The van der Waals surface area contributed by atoms with Gasteiger partial charge in [-0.05, 0) is 48.0 Å². The van der Waals surface area contributed by atoms with Gasteiger partial charge in [0.1, 0.15) is 16.5 Å². The minimum absolute atomic E-state index is 0.0310. The second kappa shape index (κ2) is 9.15. The number of hydrogen-bond acceptors (Lipinski definition) is 4. The number of hydrogen-bond donors (Lipinski definition) is 2. The second-order valence-electron chi connectivity index (χ2n) is 6.30. The molecule has 9 heteroatoms. The summed E-state index contributed by atoms with van der Waals surface area (Å²) < 4.78 is 46.6. The highest BCUT2D eigenvalue weighted by molar-refractivity contribution is 7.92. The minimum atomic E-state index is -4.22. The molecule has 0 aliphatic carbocycles. The first-order valence-corrected chi connectivity index (χ1v) is 10.6. The van der Waals surface area contributed by atoms with E-state index in [1.807, 2.05) is 0 Å². The van der Waals surface area contributed by atoms with E-state index in [4.69, 9.17) is 16.3 Å². The van der Waals surface area contributed by atoms with Crippen molar-refractivity contribution >= 4 is 38.9 Å². The fourth-order valence-electron chi connectivity index (χ4n) is 2.73. The molecule has 3 aromatic carbocycles. The molecular formula is C21H18ClFN2O4S. The Morgan fingerprint density at radius 3 is 2.53 bits per heavy atom. The largest absolute Gasteiger partial charge is 0.497 e. The van der Waals surface area contributed by atoms with E-state index in [9.17, 15) is 17.6 Å². The molecule has 0 aliphatic heterocycles. The van der Waals surface area contributed by atoms with Crippen LogP contribution in [-0.2, 0) is 21.2 Å². The average molecular weight is 449 g/mol. The van der Waals surface area contributed by atoms with E-state index in [2.05, 4.69) is 10.0 Å². The van der Waals surface area contributed by atoms with Gasteiger partial charge in [0.25, 0.3) is 10.0 Å². The summed E-state index contributed by atoms with van der Waals surface area (Å²) in [5.74, 6) is -0.666. The van der Waals surface area contributed by atoms with Crippen molar-refractivity contribution in [3.8, 4) is 5.75 Å². The highest BCUT2D eigenvalue weighted by Gasteiger charge is 2.20. The van der Waals surface area contributed by atoms with Crippen molar-refractivity contribution in [2.75, 3.05) is 17.1 Å². The molecule has 0 unspecified atom stereocenters. The quantitative estimate of drug-likeness (QED) is 0.558. The molecule has 156 valence electrons. The van der Waals surface area contributed by atoms with Crippen LogP contribution in [0.3, 0.4) is 0 Å². The lowest BCUT2D eigenvalue weighted by Crippen LogP contribution is -2.19. The van der Waals surface area contributed by atoms with Crippen LogP contribution in [0.4, 0.5) is 15.8 Å². The number of rotatable bonds is 7. The molecule has 0 fully saturated rings. The first kappa shape index (κ1) is 21.6. The van der Waals surface area contributed by atoms with Gasteiger partial charge in [0, 0.05) is 5.02 Å². The van der Waals surface area contributed by atoms with Gasteiger partial charge in [-0.25, -0.2) is 12.8 Å². The molecule has 0 saturated heterocycles. The van der Waals surface area contributed by atoms with Crippen LogP contribution < -0.4 is 14.8 Å². The van der Waals surface area contributed by atoms with Crippen LogP contribution in [0.25, 0.3) is 0 Å². The smallest absolute Gasteiger partial charge is 0.264 e. The summed E-state index contributed by atoms with van der Waals surface area (Å²) in [4.78, 5) is 12.0. The molecule has 2 N–H and O–H groups in total. The first-order valence-electron chi connectivity index (χ1n) is 8.78. The maximum Gasteiger partial charge on any atom is 0.264 e. The number of methoxy groups -OCH3 is 1. The Labute approximate surface area is 178 Å². The van der Waals surface area contributed by atoms with Gasteiger partial charge in [0.2, 0.25) is 5.91 Å². The molecule has 1 amide bonds. The zero-order valence-corrected chi connectivity index (χ0v) is 17.4. The highest BCUT2D eigenvalue weighted by atomic mass is 35.5. The Hall–Kier alpha value is -3.10. The number of amides is 1. The zero-order chi connectivity index (χ0) is 21.7. The Morgan fingerprint density at radius 1 is 1.03 bits per heavy atom. The van der Waals surface area contributed by atoms with Crippen LogP contribution in [0.5, 0.6) is 5.75 Å². The summed E-state index contributed by atoms with van der Waals surface area (Å²) in [5.41, 5.74) is 0.916. The van der Waals surface area contributed by atoms with Crippen LogP contribution in [0.15, 0.2) is 71.6 Å². The fraction of sp³-hybridized carbons (Fsp3) is 0.0952. The molecule has 0 atom stereocenters. The van der Waals surface area contributed by atoms with Crippen LogP contribution in [0, 0.1) is 5.82 Å². The lowest BCUT2D eigenvalue weighted by molar-refractivity contribution is -0.115.